The maximum Gasteiger partial charge on any atom is 0.274 e. The highest BCUT2D eigenvalue weighted by molar-refractivity contribution is 9.10. The van der Waals surface area contributed by atoms with E-state index >= 15 is 0 Å². The third kappa shape index (κ3) is 4.56. The summed E-state index contributed by atoms with van der Waals surface area (Å²) < 4.78 is 6.36. The van der Waals surface area contributed by atoms with Gasteiger partial charge in [-0.2, -0.15) is 0 Å². The molecule has 2 aromatic rings. The average Bonchev–Trinajstić information content (AvgIpc) is 2.47. The molecule has 0 spiro atoms. The number of carbonyl (C=O) groups is 1. The van der Waals surface area contributed by atoms with Gasteiger partial charge in [0.05, 0.1) is 6.10 Å². The number of anilines is 1. The smallest absolute Gasteiger partial charge is 0.274 e. The lowest BCUT2D eigenvalue weighted by molar-refractivity contribution is 0.102. The SMILES string of the molecule is CCC(C)Oc1cccc(NC(=O)c2cccc(Br)n2)c1. The third-order valence-corrected chi connectivity index (χ3v) is 3.39. The summed E-state index contributed by atoms with van der Waals surface area (Å²) in [7, 11) is 0. The Balaban J connectivity index is 2.09. The monoisotopic (exact) mass is 348 g/mol. The molecule has 5 heteroatoms. The Hall–Kier alpha value is -1.88. The predicted molar refractivity (Wildman–Crippen MR) is 86.7 cm³/mol. The first-order chi connectivity index (χ1) is 10.1. The van der Waals surface area contributed by atoms with Crippen molar-refractivity contribution in [1.82, 2.24) is 4.98 Å². The van der Waals surface area contributed by atoms with Gasteiger partial charge in [-0.05, 0) is 53.5 Å². The van der Waals surface area contributed by atoms with Gasteiger partial charge in [-0.1, -0.05) is 19.1 Å². The molecule has 1 atom stereocenters. The fourth-order valence-electron chi connectivity index (χ4n) is 1.69. The van der Waals surface area contributed by atoms with E-state index in [2.05, 4.69) is 33.2 Å². The van der Waals surface area contributed by atoms with Gasteiger partial charge in [-0.3, -0.25) is 4.79 Å². The van der Waals surface area contributed by atoms with E-state index in [0.717, 1.165) is 12.2 Å². The second-order valence-corrected chi connectivity index (χ2v) is 5.48. The molecule has 110 valence electrons. The van der Waals surface area contributed by atoms with Crippen LogP contribution in [0.15, 0.2) is 47.1 Å². The normalized spacial score (nSPS) is 11.8. The number of nitrogens with one attached hydrogen (secondary N) is 1. The fourth-order valence-corrected chi connectivity index (χ4v) is 2.04. The van der Waals surface area contributed by atoms with Crippen LogP contribution in [0.2, 0.25) is 0 Å². The van der Waals surface area contributed by atoms with Crippen molar-refractivity contribution in [2.75, 3.05) is 5.32 Å². The van der Waals surface area contributed by atoms with Crippen molar-refractivity contribution in [2.24, 2.45) is 0 Å². The van der Waals surface area contributed by atoms with Gasteiger partial charge in [0, 0.05) is 11.8 Å². The summed E-state index contributed by atoms with van der Waals surface area (Å²) in [5, 5.41) is 2.81. The van der Waals surface area contributed by atoms with Crippen LogP contribution in [0.1, 0.15) is 30.8 Å². The van der Waals surface area contributed by atoms with Crippen molar-refractivity contribution in [3.05, 3.63) is 52.8 Å². The number of hydrogen-bond acceptors (Lipinski definition) is 3. The molecular weight excluding hydrogens is 332 g/mol. The van der Waals surface area contributed by atoms with Gasteiger partial charge in [0.2, 0.25) is 0 Å². The van der Waals surface area contributed by atoms with Gasteiger partial charge >= 0.3 is 0 Å². The second-order valence-electron chi connectivity index (χ2n) is 4.66. The maximum absolute atomic E-state index is 12.1. The van der Waals surface area contributed by atoms with Crippen molar-refractivity contribution in [2.45, 2.75) is 26.4 Å². The predicted octanol–water partition coefficient (Wildman–Crippen LogP) is 4.27. The molecule has 1 N–H and O–H groups in total. The number of nitrogens with zero attached hydrogens (tertiary/aromatic N) is 1. The second kappa shape index (κ2) is 7.22. The van der Waals surface area contributed by atoms with Crippen LogP contribution in [-0.4, -0.2) is 17.0 Å². The summed E-state index contributed by atoms with van der Waals surface area (Å²) in [6, 6.07) is 12.6. The van der Waals surface area contributed by atoms with E-state index in [0.29, 0.717) is 16.0 Å². The summed E-state index contributed by atoms with van der Waals surface area (Å²) in [4.78, 5) is 16.2. The van der Waals surface area contributed by atoms with Crippen LogP contribution in [-0.2, 0) is 0 Å². The van der Waals surface area contributed by atoms with Gasteiger partial charge in [0.25, 0.3) is 5.91 Å². The molecule has 0 radical (unpaired) electrons. The van der Waals surface area contributed by atoms with Crippen molar-refractivity contribution < 1.29 is 9.53 Å². The van der Waals surface area contributed by atoms with Crippen LogP contribution in [0.3, 0.4) is 0 Å². The van der Waals surface area contributed by atoms with Crippen LogP contribution >= 0.6 is 15.9 Å². The molecule has 1 unspecified atom stereocenters. The molecule has 1 amide bonds. The molecule has 4 nitrogen and oxygen atoms in total. The molecular formula is C16H17BrN2O2. The molecule has 1 heterocycles. The van der Waals surface area contributed by atoms with E-state index in [-0.39, 0.29) is 12.0 Å². The van der Waals surface area contributed by atoms with E-state index < -0.39 is 0 Å². The maximum atomic E-state index is 12.1. The van der Waals surface area contributed by atoms with Crippen LogP contribution in [0.25, 0.3) is 0 Å². The summed E-state index contributed by atoms with van der Waals surface area (Å²) in [6.07, 6.45) is 1.07. The minimum atomic E-state index is -0.253. The lowest BCUT2D eigenvalue weighted by atomic mass is 10.2. The van der Waals surface area contributed by atoms with Crippen molar-refractivity contribution in [1.29, 1.82) is 0 Å². The Bertz CT molecular complexity index is 631. The highest BCUT2D eigenvalue weighted by atomic mass is 79.9. The average molecular weight is 349 g/mol. The summed E-state index contributed by atoms with van der Waals surface area (Å²) in [5.41, 5.74) is 1.04. The van der Waals surface area contributed by atoms with E-state index in [1.807, 2.05) is 31.2 Å². The van der Waals surface area contributed by atoms with Gasteiger partial charge in [-0.25, -0.2) is 4.98 Å². The number of pyridine rings is 1. The Morgan fingerprint density at radius 2 is 2.10 bits per heavy atom. The number of amides is 1. The molecule has 0 saturated carbocycles. The number of carbonyl (C=O) groups excluding carboxylic acids is 1. The van der Waals surface area contributed by atoms with Crippen LogP contribution in [0, 0.1) is 0 Å². The fraction of sp³-hybridized carbons (Fsp3) is 0.250. The minimum absolute atomic E-state index is 0.141. The van der Waals surface area contributed by atoms with Gasteiger partial charge in [0.1, 0.15) is 16.0 Å². The van der Waals surface area contributed by atoms with E-state index in [1.54, 1.807) is 18.2 Å². The van der Waals surface area contributed by atoms with Crippen molar-refractivity contribution >= 4 is 27.5 Å². The Kier molecular flexibility index (Phi) is 5.33. The van der Waals surface area contributed by atoms with Crippen molar-refractivity contribution in [3.8, 4) is 5.75 Å². The molecule has 0 aliphatic rings. The Morgan fingerprint density at radius 3 is 2.81 bits per heavy atom. The topological polar surface area (TPSA) is 51.2 Å². The summed E-state index contributed by atoms with van der Waals surface area (Å²) in [5.74, 6) is 0.487. The lowest BCUT2D eigenvalue weighted by Gasteiger charge is -2.13. The minimum Gasteiger partial charge on any atom is -0.491 e. The molecule has 0 saturated heterocycles. The number of hydrogen-bond donors (Lipinski definition) is 1. The molecule has 2 rings (SSSR count). The summed E-state index contributed by atoms with van der Waals surface area (Å²) >= 11 is 3.25. The Morgan fingerprint density at radius 1 is 1.33 bits per heavy atom. The van der Waals surface area contributed by atoms with E-state index in [1.165, 1.54) is 0 Å². The Labute approximate surface area is 132 Å². The molecule has 0 fully saturated rings. The number of rotatable bonds is 5. The number of benzene rings is 1. The zero-order valence-corrected chi connectivity index (χ0v) is 13.6. The highest BCUT2D eigenvalue weighted by Gasteiger charge is 2.09. The molecule has 1 aromatic heterocycles. The molecule has 1 aromatic carbocycles. The molecule has 0 bridgehead atoms. The third-order valence-electron chi connectivity index (χ3n) is 2.95. The van der Waals surface area contributed by atoms with Crippen LogP contribution in [0.5, 0.6) is 5.75 Å². The standard InChI is InChI=1S/C16H17BrN2O2/c1-3-11(2)21-13-7-4-6-12(10-13)18-16(20)14-8-5-9-15(17)19-14/h4-11H,3H2,1-2H3,(H,18,20). The zero-order chi connectivity index (χ0) is 15.2. The largest absolute Gasteiger partial charge is 0.491 e. The van der Waals surface area contributed by atoms with Crippen molar-refractivity contribution in [3.63, 3.8) is 0 Å². The quantitative estimate of drug-likeness (QED) is 0.820. The number of halogens is 1. The lowest BCUT2D eigenvalue weighted by Crippen LogP contribution is -2.14. The summed E-state index contributed by atoms with van der Waals surface area (Å²) in [6.45, 7) is 4.08. The first-order valence-electron chi connectivity index (χ1n) is 6.79. The van der Waals surface area contributed by atoms with Gasteiger partial charge in [0.15, 0.2) is 0 Å². The zero-order valence-electron chi connectivity index (χ0n) is 12.0. The number of aromatic nitrogens is 1. The molecule has 0 aliphatic carbocycles. The molecule has 0 aliphatic heterocycles. The first kappa shape index (κ1) is 15.5. The van der Waals surface area contributed by atoms with Gasteiger partial charge < -0.3 is 10.1 Å². The molecule has 21 heavy (non-hydrogen) atoms. The van der Waals surface area contributed by atoms with E-state index in [9.17, 15) is 4.79 Å². The number of ether oxygens (including phenoxy) is 1. The van der Waals surface area contributed by atoms with Gasteiger partial charge in [-0.15, -0.1) is 0 Å². The first-order valence-corrected chi connectivity index (χ1v) is 7.58. The highest BCUT2D eigenvalue weighted by Crippen LogP contribution is 2.20. The van der Waals surface area contributed by atoms with Crippen LogP contribution in [0.4, 0.5) is 5.69 Å². The van der Waals surface area contributed by atoms with Crippen LogP contribution < -0.4 is 10.1 Å². The van der Waals surface area contributed by atoms with E-state index in [4.69, 9.17) is 4.74 Å².